The number of carbonyl (C=O) groups is 2. The molecule has 2 rings (SSSR count). The monoisotopic (exact) mass is 411 g/mol. The lowest BCUT2D eigenvalue weighted by atomic mass is 10.2. The minimum atomic E-state index is -0.937. The van der Waals surface area contributed by atoms with E-state index >= 15 is 0 Å². The highest BCUT2D eigenvalue weighted by atomic mass is 35.5. The predicted molar refractivity (Wildman–Crippen MR) is 107 cm³/mol. The Morgan fingerprint density at radius 2 is 1.88 bits per heavy atom. The predicted octanol–water partition coefficient (Wildman–Crippen LogP) is 5.27. The Morgan fingerprint density at radius 3 is 2.58 bits per heavy atom. The number of carbonyl (C=O) groups excluding carboxylic acids is 2. The van der Waals surface area contributed by atoms with Gasteiger partial charge in [-0.3, -0.25) is 9.59 Å². The molecule has 1 unspecified atom stereocenters. The van der Waals surface area contributed by atoms with Crippen molar-refractivity contribution in [2.24, 2.45) is 0 Å². The summed E-state index contributed by atoms with van der Waals surface area (Å²) in [4.78, 5) is 25.2. The van der Waals surface area contributed by atoms with Crippen molar-refractivity contribution in [3.8, 4) is 0 Å². The van der Waals surface area contributed by atoms with E-state index < -0.39 is 18.0 Å². The van der Waals surface area contributed by atoms with Gasteiger partial charge in [0.15, 0.2) is 6.10 Å². The van der Waals surface area contributed by atoms with Crippen molar-refractivity contribution in [3.63, 3.8) is 0 Å². The second kappa shape index (κ2) is 9.31. The molecule has 2 aromatic rings. The molecule has 0 aliphatic heterocycles. The summed E-state index contributed by atoms with van der Waals surface area (Å²) >= 11 is 13.2. The van der Waals surface area contributed by atoms with Crippen LogP contribution >= 0.6 is 35.0 Å². The Bertz CT molecular complexity index is 826. The number of thioether (sulfide) groups is 1. The molecule has 0 fully saturated rings. The number of esters is 1. The van der Waals surface area contributed by atoms with E-state index in [1.165, 1.54) is 24.8 Å². The number of rotatable bonds is 6. The minimum Gasteiger partial charge on any atom is -0.452 e. The Kier molecular flexibility index (Phi) is 7.38. The van der Waals surface area contributed by atoms with Crippen molar-refractivity contribution in [2.45, 2.75) is 31.8 Å². The fourth-order valence-electron chi connectivity index (χ4n) is 2.11. The standard InChI is InChI=1S/C19H19Cl2NO3S/c1-11-4-5-12(2)17(8-11)26-10-18(23)25-13(3)19(24)22-16-7-6-14(20)9-15(16)21/h4-9,13H,10H2,1-3H3,(H,22,24). The molecular weight excluding hydrogens is 393 g/mol. The molecule has 1 atom stereocenters. The van der Waals surface area contributed by atoms with Crippen LogP contribution in [0.15, 0.2) is 41.3 Å². The van der Waals surface area contributed by atoms with E-state index in [4.69, 9.17) is 27.9 Å². The zero-order chi connectivity index (χ0) is 19.3. The Labute approximate surface area is 167 Å². The summed E-state index contributed by atoms with van der Waals surface area (Å²) in [7, 11) is 0. The maximum Gasteiger partial charge on any atom is 0.317 e. The molecule has 0 aliphatic carbocycles. The van der Waals surface area contributed by atoms with Gasteiger partial charge < -0.3 is 10.1 Å². The van der Waals surface area contributed by atoms with Crippen LogP contribution in [0.5, 0.6) is 0 Å². The molecule has 0 saturated carbocycles. The van der Waals surface area contributed by atoms with Crippen molar-refractivity contribution in [3.05, 3.63) is 57.6 Å². The summed E-state index contributed by atoms with van der Waals surface area (Å²) in [5, 5.41) is 3.40. The van der Waals surface area contributed by atoms with Gasteiger partial charge in [-0.2, -0.15) is 0 Å². The molecule has 0 radical (unpaired) electrons. The first kappa shape index (κ1) is 20.6. The molecular formula is C19H19Cl2NO3S. The van der Waals surface area contributed by atoms with Gasteiger partial charge in [-0.1, -0.05) is 40.9 Å². The lowest BCUT2D eigenvalue weighted by Crippen LogP contribution is -2.30. The Balaban J connectivity index is 1.87. The van der Waals surface area contributed by atoms with Crippen LogP contribution in [0.3, 0.4) is 0 Å². The van der Waals surface area contributed by atoms with E-state index in [1.54, 1.807) is 12.1 Å². The molecule has 138 valence electrons. The van der Waals surface area contributed by atoms with Gasteiger partial charge in [0, 0.05) is 9.92 Å². The number of hydrogen-bond donors (Lipinski definition) is 1. The second-order valence-corrected chi connectivity index (χ2v) is 7.66. The Hall–Kier alpha value is -1.69. The molecule has 1 N–H and O–H groups in total. The van der Waals surface area contributed by atoms with Gasteiger partial charge in [0.05, 0.1) is 16.5 Å². The average molecular weight is 412 g/mol. The van der Waals surface area contributed by atoms with Crippen LogP contribution in [-0.2, 0) is 14.3 Å². The van der Waals surface area contributed by atoms with E-state index in [9.17, 15) is 9.59 Å². The van der Waals surface area contributed by atoms with Crippen LogP contribution in [0.2, 0.25) is 10.0 Å². The maximum absolute atomic E-state index is 12.2. The lowest BCUT2D eigenvalue weighted by Gasteiger charge is -2.14. The van der Waals surface area contributed by atoms with Crippen molar-refractivity contribution in [2.75, 3.05) is 11.1 Å². The van der Waals surface area contributed by atoms with Crippen LogP contribution in [-0.4, -0.2) is 23.7 Å². The number of ether oxygens (including phenoxy) is 1. The summed E-state index contributed by atoms with van der Waals surface area (Å²) in [5.74, 6) is -0.788. The first-order valence-corrected chi connectivity index (χ1v) is 9.66. The van der Waals surface area contributed by atoms with Crippen LogP contribution in [0.25, 0.3) is 0 Å². The number of anilines is 1. The van der Waals surface area contributed by atoms with Crippen molar-refractivity contribution >= 4 is 52.5 Å². The summed E-state index contributed by atoms with van der Waals surface area (Å²) in [5.41, 5.74) is 2.63. The number of aryl methyl sites for hydroxylation is 2. The largest absolute Gasteiger partial charge is 0.452 e. The van der Waals surface area contributed by atoms with Gasteiger partial charge >= 0.3 is 5.97 Å². The van der Waals surface area contributed by atoms with Gasteiger partial charge in [-0.25, -0.2) is 0 Å². The minimum absolute atomic E-state index is 0.129. The van der Waals surface area contributed by atoms with Gasteiger partial charge in [0.25, 0.3) is 5.91 Å². The smallest absolute Gasteiger partial charge is 0.317 e. The SMILES string of the molecule is Cc1ccc(C)c(SCC(=O)OC(C)C(=O)Nc2ccc(Cl)cc2Cl)c1. The fourth-order valence-corrected chi connectivity index (χ4v) is 3.47. The number of hydrogen-bond acceptors (Lipinski definition) is 4. The average Bonchev–Trinajstić information content (AvgIpc) is 2.58. The molecule has 4 nitrogen and oxygen atoms in total. The normalized spacial score (nSPS) is 11.7. The summed E-state index contributed by atoms with van der Waals surface area (Å²) in [6, 6.07) is 10.8. The molecule has 26 heavy (non-hydrogen) atoms. The van der Waals surface area contributed by atoms with Gasteiger partial charge in [-0.05, 0) is 50.6 Å². The third-order valence-electron chi connectivity index (χ3n) is 3.56. The van der Waals surface area contributed by atoms with Crippen molar-refractivity contribution in [1.29, 1.82) is 0 Å². The van der Waals surface area contributed by atoms with Crippen LogP contribution in [0, 0.1) is 13.8 Å². The number of amides is 1. The molecule has 0 heterocycles. The molecule has 7 heteroatoms. The third kappa shape index (κ3) is 5.94. The van der Waals surface area contributed by atoms with E-state index in [0.29, 0.717) is 15.7 Å². The van der Waals surface area contributed by atoms with Crippen LogP contribution < -0.4 is 5.32 Å². The summed E-state index contributed by atoms with van der Waals surface area (Å²) in [6.45, 7) is 5.49. The van der Waals surface area contributed by atoms with Gasteiger partial charge in [-0.15, -0.1) is 11.8 Å². The molecule has 1 amide bonds. The van der Waals surface area contributed by atoms with Crippen LogP contribution in [0.4, 0.5) is 5.69 Å². The lowest BCUT2D eigenvalue weighted by molar-refractivity contribution is -0.150. The fraction of sp³-hybridized carbons (Fsp3) is 0.263. The van der Waals surface area contributed by atoms with E-state index in [1.807, 2.05) is 32.0 Å². The van der Waals surface area contributed by atoms with E-state index in [2.05, 4.69) is 5.32 Å². The van der Waals surface area contributed by atoms with Gasteiger partial charge in [0.2, 0.25) is 0 Å². The van der Waals surface area contributed by atoms with Crippen molar-refractivity contribution < 1.29 is 14.3 Å². The van der Waals surface area contributed by atoms with Gasteiger partial charge in [0.1, 0.15) is 0 Å². The zero-order valence-electron chi connectivity index (χ0n) is 14.6. The first-order valence-electron chi connectivity index (χ1n) is 7.91. The Morgan fingerprint density at radius 1 is 1.15 bits per heavy atom. The summed E-state index contributed by atoms with van der Waals surface area (Å²) in [6.07, 6.45) is -0.937. The van der Waals surface area contributed by atoms with Crippen molar-refractivity contribution in [1.82, 2.24) is 0 Å². The number of halogens is 2. The number of nitrogens with one attached hydrogen (secondary N) is 1. The highest BCUT2D eigenvalue weighted by molar-refractivity contribution is 8.00. The number of benzene rings is 2. The zero-order valence-corrected chi connectivity index (χ0v) is 17.0. The summed E-state index contributed by atoms with van der Waals surface area (Å²) < 4.78 is 5.20. The van der Waals surface area contributed by atoms with Crippen LogP contribution in [0.1, 0.15) is 18.1 Å². The first-order chi connectivity index (χ1) is 12.3. The highest BCUT2D eigenvalue weighted by Gasteiger charge is 2.19. The van der Waals surface area contributed by atoms with E-state index in [0.717, 1.165) is 16.0 Å². The third-order valence-corrected chi connectivity index (χ3v) is 5.23. The molecule has 0 aliphatic rings. The molecule has 0 spiro atoms. The molecule has 0 bridgehead atoms. The molecule has 2 aromatic carbocycles. The molecule has 0 saturated heterocycles. The maximum atomic E-state index is 12.2. The molecule has 0 aromatic heterocycles. The topological polar surface area (TPSA) is 55.4 Å². The van der Waals surface area contributed by atoms with E-state index in [-0.39, 0.29) is 5.75 Å². The second-order valence-electron chi connectivity index (χ2n) is 5.80. The highest BCUT2D eigenvalue weighted by Crippen LogP contribution is 2.26. The quantitative estimate of drug-likeness (QED) is 0.519.